The molecule has 1 saturated carbocycles. The summed E-state index contributed by atoms with van der Waals surface area (Å²) in [5.74, 6) is -1.14. The van der Waals surface area contributed by atoms with E-state index in [1.54, 1.807) is 0 Å². The summed E-state index contributed by atoms with van der Waals surface area (Å²) in [7, 11) is 4.16. The Balaban J connectivity index is 1.95. The van der Waals surface area contributed by atoms with Gasteiger partial charge in [0.05, 0.1) is 5.92 Å². The van der Waals surface area contributed by atoms with Crippen molar-refractivity contribution in [1.82, 2.24) is 9.80 Å². The number of hydrogen-bond donors (Lipinski definition) is 1. The van der Waals surface area contributed by atoms with E-state index in [1.807, 2.05) is 7.05 Å². The minimum atomic E-state index is -4.05. The summed E-state index contributed by atoms with van der Waals surface area (Å²) in [6.45, 7) is 2.47. The van der Waals surface area contributed by atoms with Crippen LogP contribution in [0.4, 0.5) is 13.2 Å². The molecule has 3 nitrogen and oxygen atoms in total. The number of alkyl halides is 3. The number of likely N-dealkylation sites (tertiary alicyclic amines) is 1. The lowest BCUT2D eigenvalue weighted by Crippen LogP contribution is -2.57. The van der Waals surface area contributed by atoms with Crippen LogP contribution in [0.1, 0.15) is 38.5 Å². The van der Waals surface area contributed by atoms with Gasteiger partial charge in [0.25, 0.3) is 0 Å². The average molecular weight is 307 g/mol. The van der Waals surface area contributed by atoms with Crippen LogP contribution in [0.25, 0.3) is 0 Å². The van der Waals surface area contributed by atoms with E-state index in [9.17, 15) is 13.2 Å². The van der Waals surface area contributed by atoms with Gasteiger partial charge in [0.1, 0.15) is 0 Å². The van der Waals surface area contributed by atoms with E-state index in [0.717, 1.165) is 13.1 Å². The predicted octanol–water partition coefficient (Wildman–Crippen LogP) is 2.46. The molecular weight excluding hydrogens is 279 g/mol. The van der Waals surface area contributed by atoms with Gasteiger partial charge in [-0.25, -0.2) is 0 Å². The van der Waals surface area contributed by atoms with Crippen LogP contribution < -0.4 is 5.73 Å². The van der Waals surface area contributed by atoms with Crippen LogP contribution >= 0.6 is 0 Å². The monoisotopic (exact) mass is 307 g/mol. The zero-order chi connectivity index (χ0) is 15.7. The first-order valence-corrected chi connectivity index (χ1v) is 7.97. The van der Waals surface area contributed by atoms with E-state index in [4.69, 9.17) is 5.73 Å². The molecule has 0 aromatic heterocycles. The molecule has 2 N–H and O–H groups in total. The molecule has 1 heterocycles. The Hall–Kier alpha value is -0.330. The van der Waals surface area contributed by atoms with Crippen LogP contribution in [0, 0.1) is 5.92 Å². The lowest BCUT2D eigenvalue weighted by Gasteiger charge is -2.47. The molecule has 1 saturated heterocycles. The number of likely N-dealkylation sites (N-methyl/N-ethyl adjacent to an activating group) is 2. The Morgan fingerprint density at radius 2 is 1.86 bits per heavy atom. The number of halogens is 3. The van der Waals surface area contributed by atoms with Crippen LogP contribution in [0.2, 0.25) is 0 Å². The van der Waals surface area contributed by atoms with Gasteiger partial charge in [-0.2, -0.15) is 13.2 Å². The lowest BCUT2D eigenvalue weighted by atomic mass is 9.75. The van der Waals surface area contributed by atoms with Gasteiger partial charge in [-0.15, -0.1) is 0 Å². The van der Waals surface area contributed by atoms with Crippen molar-refractivity contribution in [2.45, 2.75) is 56.3 Å². The molecule has 124 valence electrons. The van der Waals surface area contributed by atoms with Gasteiger partial charge in [-0.05, 0) is 59.2 Å². The van der Waals surface area contributed by atoms with E-state index in [0.29, 0.717) is 25.4 Å². The Morgan fingerprint density at radius 3 is 2.29 bits per heavy atom. The third-order valence-corrected chi connectivity index (χ3v) is 5.73. The summed E-state index contributed by atoms with van der Waals surface area (Å²) in [4.78, 5) is 4.59. The smallest absolute Gasteiger partial charge is 0.329 e. The van der Waals surface area contributed by atoms with Crippen molar-refractivity contribution in [3.05, 3.63) is 0 Å². The molecule has 6 heteroatoms. The van der Waals surface area contributed by atoms with Crippen molar-refractivity contribution < 1.29 is 13.2 Å². The van der Waals surface area contributed by atoms with E-state index in [1.165, 1.54) is 12.8 Å². The highest BCUT2D eigenvalue weighted by Crippen LogP contribution is 2.42. The average Bonchev–Trinajstić information content (AvgIpc) is 2.83. The number of nitrogens with zero attached hydrogens (tertiary/aromatic N) is 2. The summed E-state index contributed by atoms with van der Waals surface area (Å²) in [6.07, 6.45) is -0.128. The quantitative estimate of drug-likeness (QED) is 0.866. The van der Waals surface area contributed by atoms with Crippen LogP contribution in [-0.4, -0.2) is 61.3 Å². The predicted molar refractivity (Wildman–Crippen MR) is 78.1 cm³/mol. The molecule has 1 atom stereocenters. The SMILES string of the molecule is CN1CCCC1CN(C)C1(CN)CCC(C(F)(F)F)CC1. The van der Waals surface area contributed by atoms with Gasteiger partial charge < -0.3 is 10.6 Å². The molecule has 2 aliphatic rings. The second-order valence-corrected chi connectivity index (χ2v) is 6.90. The number of nitrogens with two attached hydrogens (primary N) is 1. The highest BCUT2D eigenvalue weighted by atomic mass is 19.4. The summed E-state index contributed by atoms with van der Waals surface area (Å²) in [6, 6.07) is 0.513. The zero-order valence-corrected chi connectivity index (χ0v) is 13.1. The first-order chi connectivity index (χ1) is 9.78. The normalized spacial score (nSPS) is 35.6. The number of rotatable bonds is 4. The number of hydrogen-bond acceptors (Lipinski definition) is 3. The first-order valence-electron chi connectivity index (χ1n) is 7.97. The van der Waals surface area contributed by atoms with Gasteiger partial charge in [-0.1, -0.05) is 0 Å². The van der Waals surface area contributed by atoms with E-state index in [2.05, 4.69) is 16.8 Å². The zero-order valence-electron chi connectivity index (χ0n) is 13.1. The molecule has 1 unspecified atom stereocenters. The molecule has 0 amide bonds. The van der Waals surface area contributed by atoms with Crippen LogP contribution in [0.5, 0.6) is 0 Å². The van der Waals surface area contributed by atoms with Crippen molar-refractivity contribution in [3.8, 4) is 0 Å². The van der Waals surface area contributed by atoms with E-state index >= 15 is 0 Å². The van der Waals surface area contributed by atoms with Crippen LogP contribution in [-0.2, 0) is 0 Å². The van der Waals surface area contributed by atoms with Gasteiger partial charge in [-0.3, -0.25) is 4.90 Å². The highest BCUT2D eigenvalue weighted by molar-refractivity contribution is 4.97. The highest BCUT2D eigenvalue weighted by Gasteiger charge is 2.47. The summed E-state index contributed by atoms with van der Waals surface area (Å²) < 4.78 is 38.5. The molecule has 2 fully saturated rings. The van der Waals surface area contributed by atoms with Crippen molar-refractivity contribution in [1.29, 1.82) is 0 Å². The largest absolute Gasteiger partial charge is 0.391 e. The van der Waals surface area contributed by atoms with Gasteiger partial charge in [0, 0.05) is 24.7 Å². The minimum absolute atomic E-state index is 0.214. The Bertz CT molecular complexity index is 338. The minimum Gasteiger partial charge on any atom is -0.329 e. The molecule has 1 aliphatic heterocycles. The lowest BCUT2D eigenvalue weighted by molar-refractivity contribution is -0.188. The summed E-state index contributed by atoms with van der Waals surface area (Å²) in [5, 5.41) is 0. The van der Waals surface area contributed by atoms with Crippen molar-refractivity contribution in [2.75, 3.05) is 33.7 Å². The van der Waals surface area contributed by atoms with Gasteiger partial charge in [0.15, 0.2) is 0 Å². The molecule has 0 aromatic rings. The molecule has 2 rings (SSSR count). The Labute approximate surface area is 125 Å². The van der Waals surface area contributed by atoms with Gasteiger partial charge >= 0.3 is 6.18 Å². The maximum Gasteiger partial charge on any atom is 0.391 e. The van der Waals surface area contributed by atoms with Crippen LogP contribution in [0.3, 0.4) is 0 Å². The van der Waals surface area contributed by atoms with E-state index < -0.39 is 12.1 Å². The molecule has 0 aromatic carbocycles. The Kier molecular flexibility index (Phi) is 5.21. The van der Waals surface area contributed by atoms with Crippen molar-refractivity contribution in [3.63, 3.8) is 0 Å². The first kappa shape index (κ1) is 17.0. The Morgan fingerprint density at radius 1 is 1.24 bits per heavy atom. The van der Waals surface area contributed by atoms with E-state index in [-0.39, 0.29) is 18.4 Å². The van der Waals surface area contributed by atoms with Crippen molar-refractivity contribution in [2.24, 2.45) is 11.7 Å². The fourth-order valence-electron chi connectivity index (χ4n) is 3.94. The molecular formula is C15H28F3N3. The maximum absolute atomic E-state index is 12.8. The molecule has 0 spiro atoms. The second-order valence-electron chi connectivity index (χ2n) is 6.90. The third kappa shape index (κ3) is 3.71. The fourth-order valence-corrected chi connectivity index (χ4v) is 3.94. The molecule has 0 radical (unpaired) electrons. The van der Waals surface area contributed by atoms with Crippen molar-refractivity contribution >= 4 is 0 Å². The summed E-state index contributed by atoms with van der Waals surface area (Å²) in [5.41, 5.74) is 5.72. The summed E-state index contributed by atoms with van der Waals surface area (Å²) >= 11 is 0. The molecule has 1 aliphatic carbocycles. The topological polar surface area (TPSA) is 32.5 Å². The fraction of sp³-hybridized carbons (Fsp3) is 1.00. The molecule has 21 heavy (non-hydrogen) atoms. The second kappa shape index (κ2) is 6.42. The standard InChI is InChI=1S/C15H28F3N3/c1-20-9-3-4-13(20)10-21(2)14(11-19)7-5-12(6-8-14)15(16,17)18/h12-13H,3-11,19H2,1-2H3. The molecule has 0 bridgehead atoms. The van der Waals surface area contributed by atoms with Gasteiger partial charge in [0.2, 0.25) is 0 Å². The van der Waals surface area contributed by atoms with Crippen LogP contribution in [0.15, 0.2) is 0 Å². The maximum atomic E-state index is 12.8. The third-order valence-electron chi connectivity index (χ3n) is 5.73.